The molecule has 0 N–H and O–H groups in total. The van der Waals surface area contributed by atoms with Gasteiger partial charge in [-0.1, -0.05) is 104 Å². The summed E-state index contributed by atoms with van der Waals surface area (Å²) in [7, 11) is 0. The van der Waals surface area contributed by atoms with Crippen molar-refractivity contribution in [2.45, 2.75) is 75.2 Å². The standard InChI is InChI=1S/C7H8.2C3H8.2C2H6/c1-7-5-3-2-4-6-7;2*1-3-2;2*1-2/h2-6H,1H3;2*3H2,1-2H3;2*1-2H3. The van der Waals surface area contributed by atoms with E-state index in [1.165, 1.54) is 18.4 Å². The predicted molar refractivity (Wildman–Crippen MR) is 85.8 cm³/mol. The fourth-order valence-corrected chi connectivity index (χ4v) is 0.534. The fourth-order valence-electron chi connectivity index (χ4n) is 0.534. The van der Waals surface area contributed by atoms with Crippen LogP contribution in [0.5, 0.6) is 0 Å². The van der Waals surface area contributed by atoms with Crippen LogP contribution in [0.3, 0.4) is 0 Å². The van der Waals surface area contributed by atoms with Crippen molar-refractivity contribution in [1.29, 1.82) is 0 Å². The minimum absolute atomic E-state index is 1.25. The second-order valence-corrected chi connectivity index (χ2v) is 3.07. The SMILES string of the molecule is CC.CC.CCC.CCC.Cc1ccccc1. The number of hydrogen-bond donors (Lipinski definition) is 0. The Labute approximate surface area is 111 Å². The van der Waals surface area contributed by atoms with Gasteiger partial charge < -0.3 is 0 Å². The average molecular weight is 240 g/mol. The Bertz CT molecular complexity index is 151. The minimum atomic E-state index is 1.25. The van der Waals surface area contributed by atoms with Gasteiger partial charge in [0.05, 0.1) is 0 Å². The Morgan fingerprint density at radius 2 is 0.882 bits per heavy atom. The van der Waals surface area contributed by atoms with Crippen molar-refractivity contribution in [3.05, 3.63) is 35.9 Å². The van der Waals surface area contributed by atoms with Gasteiger partial charge in [-0.3, -0.25) is 0 Å². The molecule has 0 saturated carbocycles. The zero-order valence-electron chi connectivity index (χ0n) is 13.8. The molecule has 0 aliphatic carbocycles. The van der Waals surface area contributed by atoms with Gasteiger partial charge in [-0.25, -0.2) is 0 Å². The maximum atomic E-state index is 2.12. The summed E-state index contributed by atoms with van der Waals surface area (Å²) in [6.07, 6.45) is 2.50. The number of benzene rings is 1. The molecule has 0 radical (unpaired) electrons. The van der Waals surface area contributed by atoms with Gasteiger partial charge in [-0.15, -0.1) is 0 Å². The molecule has 0 atom stereocenters. The van der Waals surface area contributed by atoms with Crippen LogP contribution in [0.2, 0.25) is 0 Å². The Balaban J connectivity index is -0.0000000727. The van der Waals surface area contributed by atoms with Crippen molar-refractivity contribution < 1.29 is 0 Å². The molecule has 104 valence electrons. The summed E-state index contributed by atoms with van der Waals surface area (Å²) in [5.74, 6) is 0. The van der Waals surface area contributed by atoms with Crippen molar-refractivity contribution >= 4 is 0 Å². The van der Waals surface area contributed by atoms with E-state index in [1.54, 1.807) is 0 Å². The Hall–Kier alpha value is -0.780. The van der Waals surface area contributed by atoms with Crippen LogP contribution in [0.4, 0.5) is 0 Å². The topological polar surface area (TPSA) is 0 Å². The molecular formula is C17H36. The van der Waals surface area contributed by atoms with Crippen molar-refractivity contribution in [3.63, 3.8) is 0 Å². The largest absolute Gasteiger partial charge is 0.0683 e. The highest BCUT2D eigenvalue weighted by atomic mass is 13.8. The van der Waals surface area contributed by atoms with E-state index in [2.05, 4.69) is 46.8 Å². The van der Waals surface area contributed by atoms with Crippen LogP contribution in [0, 0.1) is 6.92 Å². The lowest BCUT2D eigenvalue weighted by Gasteiger charge is -1.82. The van der Waals surface area contributed by atoms with E-state index >= 15 is 0 Å². The molecular weight excluding hydrogens is 204 g/mol. The van der Waals surface area contributed by atoms with Crippen molar-refractivity contribution in [3.8, 4) is 0 Å². The van der Waals surface area contributed by atoms with Crippen molar-refractivity contribution in [1.82, 2.24) is 0 Å². The average Bonchev–Trinajstić information content (AvgIpc) is 2.37. The normalized spacial score (nSPS) is 6.41. The zero-order chi connectivity index (χ0) is 14.5. The highest BCUT2D eigenvalue weighted by molar-refractivity contribution is 5.11. The van der Waals surface area contributed by atoms with Gasteiger partial charge in [0.2, 0.25) is 0 Å². The van der Waals surface area contributed by atoms with E-state index in [9.17, 15) is 0 Å². The van der Waals surface area contributed by atoms with E-state index in [0.29, 0.717) is 0 Å². The third-order valence-electron chi connectivity index (χ3n) is 0.940. The Morgan fingerprint density at radius 1 is 0.647 bits per heavy atom. The minimum Gasteiger partial charge on any atom is -0.0683 e. The van der Waals surface area contributed by atoms with Gasteiger partial charge >= 0.3 is 0 Å². The molecule has 0 bridgehead atoms. The van der Waals surface area contributed by atoms with Crippen LogP contribution < -0.4 is 0 Å². The molecule has 0 unspecified atom stereocenters. The van der Waals surface area contributed by atoms with E-state index in [-0.39, 0.29) is 0 Å². The first kappa shape index (κ1) is 25.2. The lowest BCUT2D eigenvalue weighted by Crippen LogP contribution is -1.62. The zero-order valence-corrected chi connectivity index (χ0v) is 13.8. The fraction of sp³-hybridized carbons (Fsp3) is 0.647. The smallest absolute Gasteiger partial charge is 0.0398 e. The molecule has 0 spiro atoms. The summed E-state index contributed by atoms with van der Waals surface area (Å²) in [6, 6.07) is 10.3. The van der Waals surface area contributed by atoms with E-state index < -0.39 is 0 Å². The van der Waals surface area contributed by atoms with Gasteiger partial charge in [0.15, 0.2) is 0 Å². The Kier molecular flexibility index (Phi) is 53.6. The predicted octanol–water partition coefficient (Wildman–Crippen LogP) is 6.88. The van der Waals surface area contributed by atoms with Crippen LogP contribution in [0.15, 0.2) is 30.3 Å². The molecule has 17 heavy (non-hydrogen) atoms. The second kappa shape index (κ2) is 36.2. The highest BCUT2D eigenvalue weighted by Gasteiger charge is 1.72. The molecule has 0 saturated heterocycles. The molecule has 1 rings (SSSR count). The van der Waals surface area contributed by atoms with Gasteiger partial charge in [0.1, 0.15) is 0 Å². The molecule has 0 nitrogen and oxygen atoms in total. The van der Waals surface area contributed by atoms with Gasteiger partial charge in [-0.2, -0.15) is 0 Å². The summed E-state index contributed by atoms with van der Waals surface area (Å²) in [6.45, 7) is 18.6. The number of aryl methyl sites for hydroxylation is 1. The first-order valence-electron chi connectivity index (χ1n) is 7.24. The van der Waals surface area contributed by atoms with Crippen LogP contribution in [0.1, 0.15) is 73.8 Å². The molecule has 1 aromatic carbocycles. The summed E-state index contributed by atoms with van der Waals surface area (Å²) in [5.41, 5.74) is 1.32. The van der Waals surface area contributed by atoms with Crippen LogP contribution in [-0.2, 0) is 0 Å². The second-order valence-electron chi connectivity index (χ2n) is 3.07. The third-order valence-corrected chi connectivity index (χ3v) is 0.940. The van der Waals surface area contributed by atoms with Crippen molar-refractivity contribution in [2.75, 3.05) is 0 Å². The third kappa shape index (κ3) is 51.0. The molecule has 0 amide bonds. The van der Waals surface area contributed by atoms with Gasteiger partial charge in [0.25, 0.3) is 0 Å². The van der Waals surface area contributed by atoms with Gasteiger partial charge in [0, 0.05) is 0 Å². The molecule has 0 aliphatic rings. The molecule has 0 aromatic heterocycles. The van der Waals surface area contributed by atoms with Gasteiger partial charge in [-0.05, 0) is 6.92 Å². The number of hydrogen-bond acceptors (Lipinski definition) is 0. The molecule has 0 heteroatoms. The van der Waals surface area contributed by atoms with E-state index in [1.807, 2.05) is 45.9 Å². The lowest BCUT2D eigenvalue weighted by molar-refractivity contribution is 1.09. The molecule has 1 aromatic rings. The van der Waals surface area contributed by atoms with Crippen LogP contribution in [-0.4, -0.2) is 0 Å². The van der Waals surface area contributed by atoms with Crippen LogP contribution >= 0.6 is 0 Å². The summed E-state index contributed by atoms with van der Waals surface area (Å²) in [5, 5.41) is 0. The molecule has 0 fully saturated rings. The van der Waals surface area contributed by atoms with E-state index in [4.69, 9.17) is 0 Å². The highest BCUT2D eigenvalue weighted by Crippen LogP contribution is 1.92. The monoisotopic (exact) mass is 240 g/mol. The maximum absolute atomic E-state index is 2.12. The molecule has 0 aliphatic heterocycles. The van der Waals surface area contributed by atoms with Crippen molar-refractivity contribution in [2.24, 2.45) is 0 Å². The Morgan fingerprint density at radius 3 is 1.00 bits per heavy atom. The van der Waals surface area contributed by atoms with E-state index in [0.717, 1.165) is 0 Å². The first-order chi connectivity index (χ1) is 8.22. The van der Waals surface area contributed by atoms with Crippen LogP contribution in [0.25, 0.3) is 0 Å². The quantitative estimate of drug-likeness (QED) is 0.463. The first-order valence-corrected chi connectivity index (χ1v) is 7.24. The summed E-state index contributed by atoms with van der Waals surface area (Å²) < 4.78 is 0. The molecule has 0 heterocycles. The maximum Gasteiger partial charge on any atom is -0.0398 e. The summed E-state index contributed by atoms with van der Waals surface area (Å²) in [4.78, 5) is 0. The number of rotatable bonds is 0. The summed E-state index contributed by atoms with van der Waals surface area (Å²) >= 11 is 0. The lowest BCUT2D eigenvalue weighted by atomic mass is 10.2.